The second-order valence-corrected chi connectivity index (χ2v) is 10.6. The van der Waals surface area contributed by atoms with Crippen LogP contribution in [0.3, 0.4) is 0 Å². The number of hydrogen-bond acceptors (Lipinski definition) is 2. The van der Waals surface area contributed by atoms with Gasteiger partial charge in [-0.15, -0.1) is 0 Å². The van der Waals surface area contributed by atoms with E-state index in [4.69, 9.17) is 0 Å². The Labute approximate surface area is 214 Å². The third-order valence-electron chi connectivity index (χ3n) is 8.03. The molecule has 0 radical (unpaired) electrons. The number of hydrogen-bond donors (Lipinski definition) is 1. The van der Waals surface area contributed by atoms with Crippen LogP contribution in [-0.2, 0) is 24.3 Å². The van der Waals surface area contributed by atoms with Crippen molar-refractivity contribution in [3.05, 3.63) is 83.6 Å². The van der Waals surface area contributed by atoms with Gasteiger partial charge in [-0.05, 0) is 55.0 Å². The van der Waals surface area contributed by atoms with E-state index >= 15 is 0 Å². The lowest BCUT2D eigenvalue weighted by Gasteiger charge is -2.45. The maximum Gasteiger partial charge on any atom is 0.271 e. The first kappa shape index (κ1) is 24.4. The molecule has 1 aliphatic heterocycles. The maximum atomic E-state index is 14.0. The van der Waals surface area contributed by atoms with Gasteiger partial charge in [-0.2, -0.15) is 0 Å². The SMILES string of the molecule is CCc1ccc(CN2C(=O)c3ccc(-c4ccccc4)n3C[C@@]2(C)C(=O)NC2CCCCCC2)cc1. The average Bonchev–Trinajstić information content (AvgIpc) is 3.15. The van der Waals surface area contributed by atoms with E-state index in [-0.39, 0.29) is 17.9 Å². The van der Waals surface area contributed by atoms with Crippen LogP contribution in [0.25, 0.3) is 11.3 Å². The topological polar surface area (TPSA) is 54.3 Å². The van der Waals surface area contributed by atoms with Crippen LogP contribution in [0.4, 0.5) is 0 Å². The molecule has 2 aromatic carbocycles. The fraction of sp³-hybridized carbons (Fsp3) is 0.419. The molecule has 1 saturated carbocycles. The molecular formula is C31H37N3O2. The van der Waals surface area contributed by atoms with Crippen molar-refractivity contribution in [1.82, 2.24) is 14.8 Å². The van der Waals surface area contributed by atoms with E-state index < -0.39 is 5.54 Å². The van der Waals surface area contributed by atoms with Crippen molar-refractivity contribution in [3.8, 4) is 11.3 Å². The smallest absolute Gasteiger partial charge is 0.271 e. The Balaban J connectivity index is 1.51. The Morgan fingerprint density at radius 3 is 2.19 bits per heavy atom. The molecule has 36 heavy (non-hydrogen) atoms. The fourth-order valence-corrected chi connectivity index (χ4v) is 5.71. The number of fused-ring (bicyclic) bond motifs is 1. The van der Waals surface area contributed by atoms with Crippen molar-refractivity contribution in [1.29, 1.82) is 0 Å². The quantitative estimate of drug-likeness (QED) is 0.439. The van der Waals surface area contributed by atoms with Crippen LogP contribution < -0.4 is 5.32 Å². The van der Waals surface area contributed by atoms with Crippen molar-refractivity contribution in [2.45, 2.75) is 83.5 Å². The van der Waals surface area contributed by atoms with Gasteiger partial charge in [0.25, 0.3) is 5.91 Å². The van der Waals surface area contributed by atoms with Crippen molar-refractivity contribution in [2.75, 3.05) is 0 Å². The number of aromatic nitrogens is 1. The normalized spacial score (nSPS) is 20.6. The van der Waals surface area contributed by atoms with Gasteiger partial charge in [0.2, 0.25) is 5.91 Å². The monoisotopic (exact) mass is 483 g/mol. The highest BCUT2D eigenvalue weighted by Gasteiger charge is 2.48. The molecule has 2 amide bonds. The van der Waals surface area contributed by atoms with E-state index in [1.807, 2.05) is 41.8 Å². The zero-order valence-corrected chi connectivity index (χ0v) is 21.5. The third kappa shape index (κ3) is 4.71. The Morgan fingerprint density at radius 1 is 0.889 bits per heavy atom. The summed E-state index contributed by atoms with van der Waals surface area (Å²) in [4.78, 5) is 29.8. The van der Waals surface area contributed by atoms with Crippen LogP contribution in [0.2, 0.25) is 0 Å². The molecule has 0 bridgehead atoms. The standard InChI is InChI=1S/C31H37N3O2/c1-3-23-15-17-24(18-16-23)21-34-29(35)28-20-19-27(25-11-7-6-8-12-25)33(28)22-31(34,2)30(36)32-26-13-9-4-5-10-14-26/h6-8,11-12,15-20,26H,3-5,9-10,13-14,21-22H2,1-2H3,(H,32,36)/t31-/m0/s1. The van der Waals surface area contributed by atoms with Gasteiger partial charge in [0, 0.05) is 18.3 Å². The summed E-state index contributed by atoms with van der Waals surface area (Å²) < 4.78 is 2.04. The number of rotatable bonds is 6. The van der Waals surface area contributed by atoms with Crippen LogP contribution in [0.5, 0.6) is 0 Å². The number of amides is 2. The van der Waals surface area contributed by atoms with Gasteiger partial charge >= 0.3 is 0 Å². The predicted octanol–water partition coefficient (Wildman–Crippen LogP) is 5.97. The summed E-state index contributed by atoms with van der Waals surface area (Å²) in [6, 6.07) is 22.6. The Kier molecular flexibility index (Phi) is 6.99. The van der Waals surface area contributed by atoms with Crippen LogP contribution in [0, 0.1) is 0 Å². The summed E-state index contributed by atoms with van der Waals surface area (Å²) >= 11 is 0. The lowest BCUT2D eigenvalue weighted by molar-refractivity contribution is -0.134. The summed E-state index contributed by atoms with van der Waals surface area (Å²) in [6.45, 7) is 4.91. The summed E-state index contributed by atoms with van der Waals surface area (Å²) in [5.74, 6) is -0.146. The van der Waals surface area contributed by atoms with E-state index in [1.165, 1.54) is 18.4 Å². The number of nitrogens with one attached hydrogen (secondary N) is 1. The molecule has 1 aromatic heterocycles. The lowest BCUT2D eigenvalue weighted by atomic mass is 9.92. The molecule has 3 aromatic rings. The molecule has 0 spiro atoms. The molecule has 0 saturated heterocycles. The van der Waals surface area contributed by atoms with Gasteiger partial charge in [0.15, 0.2) is 0 Å². The fourth-order valence-electron chi connectivity index (χ4n) is 5.71. The van der Waals surface area contributed by atoms with E-state index in [0.717, 1.165) is 48.9 Å². The molecule has 1 aliphatic carbocycles. The summed E-state index contributed by atoms with van der Waals surface area (Å²) in [7, 11) is 0. The lowest BCUT2D eigenvalue weighted by Crippen LogP contribution is -2.64. The van der Waals surface area contributed by atoms with E-state index in [2.05, 4.69) is 48.6 Å². The molecule has 2 aliphatic rings. The van der Waals surface area contributed by atoms with Gasteiger partial charge in [-0.1, -0.05) is 87.2 Å². The number of carbonyl (C=O) groups is 2. The molecular weight excluding hydrogens is 446 g/mol. The molecule has 1 fully saturated rings. The first-order valence-electron chi connectivity index (χ1n) is 13.5. The van der Waals surface area contributed by atoms with Crippen LogP contribution in [-0.4, -0.2) is 32.9 Å². The van der Waals surface area contributed by atoms with Gasteiger partial charge in [0.1, 0.15) is 11.2 Å². The molecule has 188 valence electrons. The molecule has 1 atom stereocenters. The molecule has 2 heterocycles. The Hall–Kier alpha value is -3.34. The summed E-state index contributed by atoms with van der Waals surface area (Å²) in [5, 5.41) is 3.36. The van der Waals surface area contributed by atoms with Crippen molar-refractivity contribution >= 4 is 11.8 Å². The van der Waals surface area contributed by atoms with Gasteiger partial charge in [0.05, 0.1) is 6.54 Å². The van der Waals surface area contributed by atoms with Crippen LogP contribution in [0.1, 0.15) is 74.0 Å². The number of aryl methyl sites for hydroxylation is 1. The maximum absolute atomic E-state index is 14.0. The van der Waals surface area contributed by atoms with E-state index in [9.17, 15) is 9.59 Å². The number of carbonyl (C=O) groups excluding carboxylic acids is 2. The largest absolute Gasteiger partial charge is 0.351 e. The van der Waals surface area contributed by atoms with Crippen molar-refractivity contribution in [2.24, 2.45) is 0 Å². The third-order valence-corrected chi connectivity index (χ3v) is 8.03. The predicted molar refractivity (Wildman–Crippen MR) is 144 cm³/mol. The second-order valence-electron chi connectivity index (χ2n) is 10.6. The summed E-state index contributed by atoms with van der Waals surface area (Å²) in [5.41, 5.74) is 3.96. The highest BCUT2D eigenvalue weighted by Crippen LogP contribution is 2.34. The minimum Gasteiger partial charge on any atom is -0.351 e. The summed E-state index contributed by atoms with van der Waals surface area (Å²) in [6.07, 6.45) is 7.75. The minimum absolute atomic E-state index is 0.0497. The van der Waals surface area contributed by atoms with Crippen LogP contribution >= 0.6 is 0 Å². The zero-order chi connectivity index (χ0) is 25.1. The first-order valence-corrected chi connectivity index (χ1v) is 13.5. The van der Waals surface area contributed by atoms with E-state index in [0.29, 0.717) is 18.8 Å². The Bertz CT molecular complexity index is 1210. The number of nitrogens with zero attached hydrogens (tertiary/aromatic N) is 2. The Morgan fingerprint density at radius 2 is 1.53 bits per heavy atom. The zero-order valence-electron chi connectivity index (χ0n) is 21.5. The molecule has 0 unspecified atom stereocenters. The molecule has 1 N–H and O–H groups in total. The van der Waals surface area contributed by atoms with Crippen molar-refractivity contribution < 1.29 is 9.59 Å². The second kappa shape index (κ2) is 10.3. The molecule has 5 heteroatoms. The average molecular weight is 484 g/mol. The number of benzene rings is 2. The van der Waals surface area contributed by atoms with E-state index in [1.54, 1.807) is 4.90 Å². The first-order chi connectivity index (χ1) is 17.5. The minimum atomic E-state index is -0.998. The van der Waals surface area contributed by atoms with Gasteiger partial charge in [-0.25, -0.2) is 0 Å². The van der Waals surface area contributed by atoms with Crippen LogP contribution in [0.15, 0.2) is 66.7 Å². The van der Waals surface area contributed by atoms with Crippen molar-refractivity contribution in [3.63, 3.8) is 0 Å². The van der Waals surface area contributed by atoms with Gasteiger partial charge < -0.3 is 14.8 Å². The highest BCUT2D eigenvalue weighted by atomic mass is 16.2. The molecule has 5 nitrogen and oxygen atoms in total. The highest BCUT2D eigenvalue weighted by molar-refractivity contribution is 6.00. The molecule has 5 rings (SSSR count). The van der Waals surface area contributed by atoms with Gasteiger partial charge in [-0.3, -0.25) is 9.59 Å².